The molecule has 2 saturated heterocycles. The molecule has 2 N–H and O–H groups in total. The summed E-state index contributed by atoms with van der Waals surface area (Å²) in [4.78, 5) is 24.8. The first-order valence-electron chi connectivity index (χ1n) is 11.6. The van der Waals surface area contributed by atoms with Crippen LogP contribution < -0.4 is 5.32 Å². The van der Waals surface area contributed by atoms with Gasteiger partial charge in [-0.05, 0) is 53.9 Å². The predicted molar refractivity (Wildman–Crippen MR) is 121 cm³/mol. The number of fused-ring (bicyclic) bond motifs is 3. The molecule has 2 unspecified atom stereocenters. The van der Waals surface area contributed by atoms with Gasteiger partial charge in [-0.3, -0.25) is 0 Å². The van der Waals surface area contributed by atoms with Crippen LogP contribution in [0.5, 0.6) is 0 Å². The fraction of sp³-hybridized carbons (Fsp3) is 0.462. The van der Waals surface area contributed by atoms with E-state index in [4.69, 9.17) is 14.2 Å². The summed E-state index contributed by atoms with van der Waals surface area (Å²) in [6, 6.07) is 15.2. The zero-order valence-electron chi connectivity index (χ0n) is 18.5. The number of rotatable bonds is 5. The van der Waals surface area contributed by atoms with E-state index in [1.54, 1.807) is 0 Å². The van der Waals surface area contributed by atoms with E-state index in [-0.39, 0.29) is 24.0 Å². The normalized spacial score (nSPS) is 22.2. The Balaban J connectivity index is 1.25. The van der Waals surface area contributed by atoms with Crippen LogP contribution in [0, 0.1) is 5.92 Å². The Morgan fingerprint density at radius 2 is 1.67 bits per heavy atom. The maximum absolute atomic E-state index is 12.7. The number of ether oxygens (including phenoxy) is 3. The monoisotopic (exact) mass is 451 g/mol. The highest BCUT2D eigenvalue weighted by Gasteiger charge is 2.43. The van der Waals surface area contributed by atoms with Crippen molar-refractivity contribution in [3.63, 3.8) is 0 Å². The van der Waals surface area contributed by atoms with Crippen LogP contribution >= 0.6 is 0 Å². The van der Waals surface area contributed by atoms with E-state index in [1.165, 1.54) is 0 Å². The first-order valence-corrected chi connectivity index (χ1v) is 11.6. The van der Waals surface area contributed by atoms with Gasteiger partial charge in [-0.15, -0.1) is 0 Å². The fourth-order valence-corrected chi connectivity index (χ4v) is 5.59. The van der Waals surface area contributed by atoms with E-state index in [2.05, 4.69) is 29.6 Å². The molecule has 1 spiro atoms. The summed E-state index contributed by atoms with van der Waals surface area (Å²) in [6.45, 7) is 1.87. The topological polar surface area (TPSA) is 94.1 Å². The highest BCUT2D eigenvalue weighted by atomic mass is 16.5. The van der Waals surface area contributed by atoms with E-state index in [9.17, 15) is 14.7 Å². The molecule has 2 aromatic carbocycles. The minimum atomic E-state index is -1.04. The van der Waals surface area contributed by atoms with Crippen LogP contribution in [-0.4, -0.2) is 55.2 Å². The smallest absolute Gasteiger partial charge is 0.407 e. The Labute approximate surface area is 193 Å². The number of aliphatic carboxylic acids is 1. The van der Waals surface area contributed by atoms with Gasteiger partial charge >= 0.3 is 12.1 Å². The van der Waals surface area contributed by atoms with Gasteiger partial charge in [-0.25, -0.2) is 9.59 Å². The molecule has 1 aliphatic carbocycles. The number of amides is 1. The first kappa shape index (κ1) is 21.9. The second kappa shape index (κ2) is 9.15. The maximum atomic E-state index is 12.7. The Bertz CT molecular complexity index is 980. The average molecular weight is 452 g/mol. The minimum Gasteiger partial charge on any atom is -0.480 e. The third kappa shape index (κ3) is 4.35. The molecule has 2 atom stereocenters. The van der Waals surface area contributed by atoms with Crippen molar-refractivity contribution in [2.75, 3.05) is 26.4 Å². The van der Waals surface area contributed by atoms with Crippen molar-refractivity contribution >= 4 is 12.1 Å². The number of carboxylic acid groups (broad SMARTS) is 1. The number of nitrogens with one attached hydrogen (secondary N) is 1. The molecular weight excluding hydrogens is 422 g/mol. The van der Waals surface area contributed by atoms with Crippen molar-refractivity contribution in [2.24, 2.45) is 5.92 Å². The number of carbonyl (C=O) groups is 2. The average Bonchev–Trinajstić information content (AvgIpc) is 3.15. The molecule has 1 amide bonds. The quantitative estimate of drug-likeness (QED) is 0.715. The number of carboxylic acids is 1. The van der Waals surface area contributed by atoms with Crippen LogP contribution in [0.3, 0.4) is 0 Å². The van der Waals surface area contributed by atoms with Crippen LogP contribution in [0.25, 0.3) is 11.1 Å². The van der Waals surface area contributed by atoms with Gasteiger partial charge in [0.1, 0.15) is 12.6 Å². The lowest BCUT2D eigenvalue weighted by Crippen LogP contribution is -2.53. The van der Waals surface area contributed by atoms with Crippen molar-refractivity contribution in [2.45, 2.75) is 43.2 Å². The highest BCUT2D eigenvalue weighted by molar-refractivity contribution is 5.81. The molecule has 7 heteroatoms. The fourth-order valence-electron chi connectivity index (χ4n) is 5.59. The van der Waals surface area contributed by atoms with Gasteiger partial charge in [0.15, 0.2) is 0 Å². The van der Waals surface area contributed by atoms with E-state index in [1.807, 2.05) is 24.3 Å². The Hall–Kier alpha value is -2.90. The summed E-state index contributed by atoms with van der Waals surface area (Å²) < 4.78 is 17.1. The largest absolute Gasteiger partial charge is 0.480 e. The lowest BCUT2D eigenvalue weighted by molar-refractivity contribution is -0.158. The zero-order chi connectivity index (χ0) is 22.8. The third-order valence-corrected chi connectivity index (χ3v) is 7.29. The second-order valence-electron chi connectivity index (χ2n) is 9.18. The number of hydrogen-bond acceptors (Lipinski definition) is 5. The van der Waals surface area contributed by atoms with Crippen LogP contribution in [0.1, 0.15) is 42.7 Å². The molecule has 7 nitrogen and oxygen atoms in total. The molecule has 0 saturated carbocycles. The number of benzene rings is 2. The summed E-state index contributed by atoms with van der Waals surface area (Å²) in [5, 5.41) is 12.5. The molecule has 2 fully saturated rings. The van der Waals surface area contributed by atoms with Crippen LogP contribution in [0.2, 0.25) is 0 Å². The molecule has 0 bridgehead atoms. The number of carbonyl (C=O) groups excluding carboxylic acids is 1. The van der Waals surface area contributed by atoms with Gasteiger partial charge in [0, 0.05) is 25.7 Å². The van der Waals surface area contributed by atoms with E-state index in [0.717, 1.165) is 35.1 Å². The van der Waals surface area contributed by atoms with E-state index < -0.39 is 18.1 Å². The molecule has 0 aromatic heterocycles. The van der Waals surface area contributed by atoms with Crippen molar-refractivity contribution in [1.29, 1.82) is 0 Å². The van der Waals surface area contributed by atoms with Crippen LogP contribution in [0.15, 0.2) is 48.5 Å². The Morgan fingerprint density at radius 1 is 1.03 bits per heavy atom. The molecular formula is C26H29NO6. The lowest BCUT2D eigenvalue weighted by Gasteiger charge is -2.44. The van der Waals surface area contributed by atoms with Crippen molar-refractivity contribution in [3.05, 3.63) is 59.7 Å². The molecule has 174 valence electrons. The summed E-state index contributed by atoms with van der Waals surface area (Å²) in [5.41, 5.74) is 4.18. The van der Waals surface area contributed by atoms with Gasteiger partial charge in [0.2, 0.25) is 0 Å². The van der Waals surface area contributed by atoms with Gasteiger partial charge in [-0.1, -0.05) is 48.5 Å². The van der Waals surface area contributed by atoms with E-state index in [0.29, 0.717) is 32.7 Å². The van der Waals surface area contributed by atoms with Crippen molar-refractivity contribution in [1.82, 2.24) is 5.32 Å². The van der Waals surface area contributed by atoms with Gasteiger partial charge in [-0.2, -0.15) is 0 Å². The van der Waals surface area contributed by atoms with Gasteiger partial charge < -0.3 is 24.6 Å². The molecule has 33 heavy (non-hydrogen) atoms. The standard InChI is InChI=1S/C26H29NO6/c28-24(29)23(17-9-12-33-26(15-17)10-13-31-14-11-26)27-25(30)32-16-22-20-7-3-1-5-18(20)19-6-2-4-8-21(19)22/h1-8,17,22-23H,9-16H2,(H,27,30)(H,28,29). The molecule has 2 aromatic rings. The Morgan fingerprint density at radius 3 is 2.30 bits per heavy atom. The van der Waals surface area contributed by atoms with Crippen molar-refractivity contribution in [3.8, 4) is 11.1 Å². The van der Waals surface area contributed by atoms with Gasteiger partial charge in [0.25, 0.3) is 0 Å². The lowest BCUT2D eigenvalue weighted by atomic mass is 9.78. The third-order valence-electron chi connectivity index (χ3n) is 7.29. The summed E-state index contributed by atoms with van der Waals surface area (Å²) in [5.74, 6) is -1.33. The highest BCUT2D eigenvalue weighted by Crippen LogP contribution is 2.44. The number of alkyl carbamates (subject to hydrolysis) is 1. The van der Waals surface area contributed by atoms with Crippen molar-refractivity contribution < 1.29 is 28.9 Å². The number of hydrogen-bond donors (Lipinski definition) is 2. The molecule has 2 aliphatic heterocycles. The first-order chi connectivity index (χ1) is 16.1. The van der Waals surface area contributed by atoms with Crippen LogP contribution in [-0.2, 0) is 19.0 Å². The molecule has 2 heterocycles. The Kier molecular flexibility index (Phi) is 6.08. The summed E-state index contributed by atoms with van der Waals surface area (Å²) in [7, 11) is 0. The van der Waals surface area contributed by atoms with Gasteiger partial charge in [0.05, 0.1) is 5.60 Å². The molecule has 3 aliphatic rings. The SMILES string of the molecule is O=C(NC(C(=O)O)C1CCOC2(CCOCC2)C1)OCC1c2ccccc2-c2ccccc21. The van der Waals surface area contributed by atoms with Crippen LogP contribution in [0.4, 0.5) is 4.79 Å². The minimum absolute atomic E-state index is 0.0694. The summed E-state index contributed by atoms with van der Waals surface area (Å²) >= 11 is 0. The zero-order valence-corrected chi connectivity index (χ0v) is 18.5. The summed E-state index contributed by atoms with van der Waals surface area (Å²) in [6.07, 6.45) is 1.98. The molecule has 5 rings (SSSR count). The second-order valence-corrected chi connectivity index (χ2v) is 9.18. The predicted octanol–water partition coefficient (Wildman–Crippen LogP) is 3.95. The maximum Gasteiger partial charge on any atom is 0.407 e. The van der Waals surface area contributed by atoms with E-state index >= 15 is 0 Å². The molecule has 0 radical (unpaired) electrons.